The van der Waals surface area contributed by atoms with Crippen LogP contribution in [0.3, 0.4) is 0 Å². The van der Waals surface area contributed by atoms with Crippen molar-refractivity contribution in [2.75, 3.05) is 0 Å². The van der Waals surface area contributed by atoms with Gasteiger partial charge in [-0.05, 0) is 25.5 Å². The number of aromatic nitrogens is 1. The molecule has 1 aromatic heterocycles. The van der Waals surface area contributed by atoms with Gasteiger partial charge in [-0.25, -0.2) is 0 Å². The fourth-order valence-corrected chi connectivity index (χ4v) is 1.06. The Hall–Kier alpha value is -1.42. The first kappa shape index (κ1) is 10.7. The van der Waals surface area contributed by atoms with Crippen molar-refractivity contribution in [1.82, 2.24) is 10.3 Å². The monoisotopic (exact) mass is 193 g/mol. The minimum absolute atomic E-state index is 0.0535. The van der Waals surface area contributed by atoms with Gasteiger partial charge in [-0.2, -0.15) is 0 Å². The van der Waals surface area contributed by atoms with Gasteiger partial charge in [0.2, 0.25) is 5.91 Å². The number of amides is 1. The van der Waals surface area contributed by atoms with Crippen LogP contribution in [0.25, 0.3) is 0 Å². The average molecular weight is 193 g/mol. The fourth-order valence-electron chi connectivity index (χ4n) is 1.06. The number of carbonyl (C=O) groups is 1. The second kappa shape index (κ2) is 4.72. The summed E-state index contributed by atoms with van der Waals surface area (Å²) in [5.41, 5.74) is 6.41. The second-order valence-corrected chi connectivity index (χ2v) is 3.31. The fraction of sp³-hybridized carbons (Fsp3) is 0.400. The van der Waals surface area contributed by atoms with Crippen LogP contribution in [0.1, 0.15) is 25.5 Å². The normalized spacial score (nSPS) is 14.5. The molecule has 3 N–H and O–H groups in total. The Kier molecular flexibility index (Phi) is 3.59. The summed E-state index contributed by atoms with van der Waals surface area (Å²) < 4.78 is 0. The smallest absolute Gasteiger partial charge is 0.237 e. The maximum absolute atomic E-state index is 11.3. The van der Waals surface area contributed by atoms with E-state index < -0.39 is 6.04 Å². The van der Waals surface area contributed by atoms with Crippen LogP contribution in [0, 0.1) is 0 Å². The zero-order valence-electron chi connectivity index (χ0n) is 8.40. The van der Waals surface area contributed by atoms with Gasteiger partial charge >= 0.3 is 0 Å². The van der Waals surface area contributed by atoms with Crippen LogP contribution in [0.5, 0.6) is 0 Å². The van der Waals surface area contributed by atoms with Crippen molar-refractivity contribution >= 4 is 5.91 Å². The van der Waals surface area contributed by atoms with E-state index in [0.717, 1.165) is 5.56 Å². The lowest BCUT2D eigenvalue weighted by Gasteiger charge is -2.15. The molecule has 1 unspecified atom stereocenters. The average Bonchev–Trinajstić information content (AvgIpc) is 2.19. The molecule has 0 aliphatic carbocycles. The molecule has 0 aromatic carbocycles. The van der Waals surface area contributed by atoms with Gasteiger partial charge < -0.3 is 11.1 Å². The van der Waals surface area contributed by atoms with Crippen molar-refractivity contribution in [1.29, 1.82) is 0 Å². The van der Waals surface area contributed by atoms with Crippen LogP contribution in [0.2, 0.25) is 0 Å². The maximum Gasteiger partial charge on any atom is 0.237 e. The van der Waals surface area contributed by atoms with Crippen LogP contribution in [-0.4, -0.2) is 16.9 Å². The lowest BCUT2D eigenvalue weighted by Crippen LogP contribution is -2.39. The summed E-state index contributed by atoms with van der Waals surface area (Å²) in [4.78, 5) is 15.2. The zero-order valence-corrected chi connectivity index (χ0v) is 8.40. The van der Waals surface area contributed by atoms with Gasteiger partial charge in [0, 0.05) is 12.4 Å². The minimum atomic E-state index is -0.478. The van der Waals surface area contributed by atoms with Gasteiger partial charge in [-0.15, -0.1) is 0 Å². The molecular weight excluding hydrogens is 178 g/mol. The molecule has 0 saturated carbocycles. The van der Waals surface area contributed by atoms with Crippen LogP contribution in [0.4, 0.5) is 0 Å². The number of carbonyl (C=O) groups excluding carboxylic acids is 1. The molecule has 4 nitrogen and oxygen atoms in total. The van der Waals surface area contributed by atoms with E-state index >= 15 is 0 Å². The zero-order chi connectivity index (χ0) is 10.6. The van der Waals surface area contributed by atoms with Crippen molar-refractivity contribution in [2.45, 2.75) is 25.9 Å². The molecule has 1 aromatic rings. The largest absolute Gasteiger partial charge is 0.348 e. The van der Waals surface area contributed by atoms with E-state index in [-0.39, 0.29) is 11.9 Å². The Bertz CT molecular complexity index is 297. The van der Waals surface area contributed by atoms with E-state index in [4.69, 9.17) is 5.73 Å². The molecule has 1 amide bonds. The number of hydrogen-bond donors (Lipinski definition) is 2. The van der Waals surface area contributed by atoms with Crippen LogP contribution in [0.15, 0.2) is 24.5 Å². The van der Waals surface area contributed by atoms with Gasteiger partial charge in [-0.3, -0.25) is 9.78 Å². The molecule has 14 heavy (non-hydrogen) atoms. The lowest BCUT2D eigenvalue weighted by atomic mass is 10.1. The lowest BCUT2D eigenvalue weighted by molar-refractivity contribution is -0.122. The molecule has 0 bridgehead atoms. The SMILES string of the molecule is CC(NC(=O)[C@@H](C)N)c1cccnc1. The Morgan fingerprint density at radius 3 is 2.79 bits per heavy atom. The van der Waals surface area contributed by atoms with E-state index in [1.165, 1.54) is 0 Å². The molecule has 0 spiro atoms. The third kappa shape index (κ3) is 2.81. The predicted octanol–water partition coefficient (Wildman–Crippen LogP) is 0.606. The van der Waals surface area contributed by atoms with Gasteiger partial charge in [0.1, 0.15) is 0 Å². The summed E-state index contributed by atoms with van der Waals surface area (Å²) in [5, 5.41) is 2.79. The van der Waals surface area contributed by atoms with Crippen molar-refractivity contribution in [3.63, 3.8) is 0 Å². The maximum atomic E-state index is 11.3. The molecule has 0 radical (unpaired) electrons. The first-order chi connectivity index (χ1) is 6.61. The van der Waals surface area contributed by atoms with Gasteiger partial charge in [0.05, 0.1) is 12.1 Å². The van der Waals surface area contributed by atoms with Gasteiger partial charge in [0.15, 0.2) is 0 Å². The second-order valence-electron chi connectivity index (χ2n) is 3.31. The molecule has 4 heteroatoms. The number of hydrogen-bond acceptors (Lipinski definition) is 3. The molecule has 1 heterocycles. The number of nitrogens with one attached hydrogen (secondary N) is 1. The highest BCUT2D eigenvalue weighted by atomic mass is 16.2. The summed E-state index contributed by atoms with van der Waals surface area (Å²) in [6.07, 6.45) is 3.43. The summed E-state index contributed by atoms with van der Waals surface area (Å²) in [5.74, 6) is -0.152. The highest BCUT2D eigenvalue weighted by Gasteiger charge is 2.11. The number of pyridine rings is 1. The molecule has 0 aliphatic rings. The van der Waals surface area contributed by atoms with E-state index in [2.05, 4.69) is 10.3 Å². The quantitative estimate of drug-likeness (QED) is 0.739. The predicted molar refractivity (Wildman–Crippen MR) is 54.4 cm³/mol. The first-order valence-corrected chi connectivity index (χ1v) is 4.57. The number of nitrogens with zero attached hydrogens (tertiary/aromatic N) is 1. The van der Waals surface area contributed by atoms with E-state index in [0.29, 0.717) is 0 Å². The Labute approximate surface area is 83.5 Å². The minimum Gasteiger partial charge on any atom is -0.348 e. The van der Waals surface area contributed by atoms with E-state index in [1.807, 2.05) is 19.1 Å². The van der Waals surface area contributed by atoms with Crippen LogP contribution >= 0.6 is 0 Å². The topological polar surface area (TPSA) is 68.0 Å². The molecule has 2 atom stereocenters. The third-order valence-electron chi connectivity index (χ3n) is 1.96. The van der Waals surface area contributed by atoms with Crippen LogP contribution in [-0.2, 0) is 4.79 Å². The highest BCUT2D eigenvalue weighted by molar-refractivity contribution is 5.81. The van der Waals surface area contributed by atoms with E-state index in [1.54, 1.807) is 19.3 Å². The summed E-state index contributed by atoms with van der Waals surface area (Å²) in [6, 6.07) is 3.22. The van der Waals surface area contributed by atoms with Gasteiger partial charge in [-0.1, -0.05) is 6.07 Å². The van der Waals surface area contributed by atoms with Crippen molar-refractivity contribution in [3.05, 3.63) is 30.1 Å². The summed E-state index contributed by atoms with van der Waals surface area (Å²) in [7, 11) is 0. The van der Waals surface area contributed by atoms with Crippen LogP contribution < -0.4 is 11.1 Å². The molecule has 0 saturated heterocycles. The Morgan fingerprint density at radius 2 is 2.29 bits per heavy atom. The number of nitrogens with two attached hydrogens (primary N) is 1. The van der Waals surface area contributed by atoms with Gasteiger partial charge in [0.25, 0.3) is 0 Å². The molecule has 76 valence electrons. The van der Waals surface area contributed by atoms with Crippen molar-refractivity contribution < 1.29 is 4.79 Å². The Morgan fingerprint density at radius 1 is 1.57 bits per heavy atom. The summed E-state index contributed by atoms with van der Waals surface area (Å²) in [6.45, 7) is 3.56. The third-order valence-corrected chi connectivity index (χ3v) is 1.96. The van der Waals surface area contributed by atoms with Crippen molar-refractivity contribution in [2.24, 2.45) is 5.73 Å². The summed E-state index contributed by atoms with van der Waals surface area (Å²) >= 11 is 0. The standard InChI is InChI=1S/C10H15N3O/c1-7(11)10(14)13-8(2)9-4-3-5-12-6-9/h3-8H,11H2,1-2H3,(H,13,14)/t7-,8?/m1/s1. The molecule has 1 rings (SSSR count). The molecular formula is C10H15N3O. The number of rotatable bonds is 3. The van der Waals surface area contributed by atoms with Crippen molar-refractivity contribution in [3.8, 4) is 0 Å². The molecule has 0 aliphatic heterocycles. The molecule has 0 fully saturated rings. The Balaban J connectivity index is 2.59. The highest BCUT2D eigenvalue weighted by Crippen LogP contribution is 2.09. The first-order valence-electron chi connectivity index (χ1n) is 4.57. The van der Waals surface area contributed by atoms with E-state index in [9.17, 15) is 4.79 Å².